The summed E-state index contributed by atoms with van der Waals surface area (Å²) in [5.41, 5.74) is 3.87. The first-order chi connectivity index (χ1) is 18.9. The molecule has 0 radical (unpaired) electrons. The van der Waals surface area contributed by atoms with Crippen molar-refractivity contribution in [3.8, 4) is 5.75 Å². The zero-order valence-corrected chi connectivity index (χ0v) is 24.8. The summed E-state index contributed by atoms with van der Waals surface area (Å²) in [6.07, 6.45) is 2.85. The van der Waals surface area contributed by atoms with Crippen LogP contribution >= 0.6 is 32.9 Å². The van der Waals surface area contributed by atoms with E-state index in [-0.39, 0.29) is 12.0 Å². The summed E-state index contributed by atoms with van der Waals surface area (Å²) in [6.45, 7) is 6.07. The molecule has 2 unspecified atom stereocenters. The monoisotopic (exact) mass is 577 g/mol. The molecule has 1 fully saturated rings. The summed E-state index contributed by atoms with van der Waals surface area (Å²) >= 11 is 4.77. The molecule has 0 aliphatic carbocycles. The maximum absolute atomic E-state index is 12.3. The SMILES string of the molecule is Cc1ccc(C(=O)Oc2ccc(C(O)C(C)N3CCC(Cc4ccccc4)CC3)cc2)cc1.S=c1ccss1. The number of carbonyl (C=O) groups excluding carboxylic acids is 1. The quantitative estimate of drug-likeness (QED) is 0.104. The minimum absolute atomic E-state index is 0.0311. The predicted octanol–water partition coefficient (Wildman–Crippen LogP) is 8.13. The van der Waals surface area contributed by atoms with Gasteiger partial charge < -0.3 is 9.84 Å². The Bertz CT molecular complexity index is 1330. The third-order valence-electron chi connectivity index (χ3n) is 7.16. The molecule has 2 atom stereocenters. The lowest BCUT2D eigenvalue weighted by molar-refractivity contribution is 0.0373. The van der Waals surface area contributed by atoms with Gasteiger partial charge in [0.25, 0.3) is 0 Å². The first-order valence-corrected chi connectivity index (χ1v) is 15.9. The molecule has 1 aliphatic heterocycles. The Hall–Kier alpha value is -2.68. The average molecular weight is 578 g/mol. The Kier molecular flexibility index (Phi) is 11.0. The van der Waals surface area contributed by atoms with Crippen molar-refractivity contribution in [2.24, 2.45) is 5.92 Å². The fourth-order valence-corrected chi connectivity index (χ4v) is 6.61. The second-order valence-corrected chi connectivity index (χ2v) is 12.8. The topological polar surface area (TPSA) is 49.8 Å². The van der Waals surface area contributed by atoms with Crippen molar-refractivity contribution in [2.45, 2.75) is 45.3 Å². The lowest BCUT2D eigenvalue weighted by Gasteiger charge is -2.38. The van der Waals surface area contributed by atoms with Crippen molar-refractivity contribution in [3.63, 3.8) is 0 Å². The van der Waals surface area contributed by atoms with E-state index in [1.807, 2.05) is 42.6 Å². The highest BCUT2D eigenvalue weighted by Gasteiger charge is 2.27. The highest BCUT2D eigenvalue weighted by Crippen LogP contribution is 2.28. The molecular weight excluding hydrogens is 543 g/mol. The third kappa shape index (κ3) is 8.92. The zero-order valence-electron chi connectivity index (χ0n) is 22.4. The maximum Gasteiger partial charge on any atom is 0.343 e. The molecule has 7 heteroatoms. The Morgan fingerprint density at radius 1 is 1.00 bits per heavy atom. The fourth-order valence-electron chi connectivity index (χ4n) is 4.76. The number of likely N-dealkylation sites (tertiary alicyclic amines) is 1. The van der Waals surface area contributed by atoms with E-state index in [1.165, 1.54) is 5.56 Å². The number of piperidine rings is 1. The van der Waals surface area contributed by atoms with Gasteiger partial charge in [0.2, 0.25) is 0 Å². The summed E-state index contributed by atoms with van der Waals surface area (Å²) < 4.78 is 6.47. The first kappa shape index (κ1) is 29.3. The van der Waals surface area contributed by atoms with E-state index >= 15 is 0 Å². The van der Waals surface area contributed by atoms with Crippen LogP contribution < -0.4 is 4.74 Å². The lowest BCUT2D eigenvalue weighted by Crippen LogP contribution is -2.43. The number of nitrogens with zero attached hydrogens (tertiary/aromatic N) is 1. The molecule has 3 aromatic carbocycles. The number of aryl methyl sites for hydroxylation is 1. The van der Waals surface area contributed by atoms with Gasteiger partial charge in [0.1, 0.15) is 9.57 Å². The maximum atomic E-state index is 12.3. The fraction of sp³-hybridized carbons (Fsp3) is 0.312. The normalized spacial score (nSPS) is 15.6. The van der Waals surface area contributed by atoms with Crippen LogP contribution in [0.15, 0.2) is 90.3 Å². The molecule has 39 heavy (non-hydrogen) atoms. The molecule has 1 N–H and O–H groups in total. The number of ether oxygens (including phenoxy) is 1. The standard InChI is InChI=1S/C29H33NO3.C3H2S3/c1-21-8-10-26(11-9-21)29(32)33-27-14-12-25(13-15-27)28(31)22(2)30-18-16-24(17-19-30)20-23-6-4-3-5-7-23;4-3-1-2-5-6-3/h3-15,22,24,28,31H,16-20H2,1-2H3;1-2H. The number of carbonyl (C=O) groups is 1. The van der Waals surface area contributed by atoms with Crippen LogP contribution in [0, 0.1) is 16.7 Å². The molecule has 4 aromatic rings. The molecule has 2 heterocycles. The van der Waals surface area contributed by atoms with Gasteiger partial charge in [-0.05, 0) is 93.6 Å². The number of aliphatic hydroxyl groups is 1. The summed E-state index contributed by atoms with van der Waals surface area (Å²) in [4.78, 5) is 14.7. The molecule has 1 aromatic heterocycles. The van der Waals surface area contributed by atoms with Crippen molar-refractivity contribution in [3.05, 3.63) is 116 Å². The Morgan fingerprint density at radius 2 is 1.67 bits per heavy atom. The van der Waals surface area contributed by atoms with Crippen LogP contribution in [-0.2, 0) is 6.42 Å². The molecule has 204 valence electrons. The number of esters is 1. The Balaban J connectivity index is 0.000000519. The largest absolute Gasteiger partial charge is 0.423 e. The summed E-state index contributed by atoms with van der Waals surface area (Å²) in [7, 11) is 3.31. The molecule has 0 bridgehead atoms. The van der Waals surface area contributed by atoms with Gasteiger partial charge in [-0.3, -0.25) is 4.90 Å². The molecule has 5 rings (SSSR count). The van der Waals surface area contributed by atoms with Crippen molar-refractivity contribution in [1.29, 1.82) is 0 Å². The third-order valence-corrected chi connectivity index (χ3v) is 9.67. The molecule has 0 spiro atoms. The van der Waals surface area contributed by atoms with Gasteiger partial charge in [-0.25, -0.2) is 4.79 Å². The van der Waals surface area contributed by atoms with Gasteiger partial charge >= 0.3 is 5.97 Å². The summed E-state index contributed by atoms with van der Waals surface area (Å²) in [5, 5.41) is 13.0. The second kappa shape index (κ2) is 14.6. The van der Waals surface area contributed by atoms with Gasteiger partial charge in [-0.15, -0.1) is 0 Å². The molecule has 1 aliphatic rings. The van der Waals surface area contributed by atoms with Crippen molar-refractivity contribution in [2.75, 3.05) is 13.1 Å². The number of benzene rings is 3. The molecule has 1 saturated heterocycles. The number of hydrogen-bond donors (Lipinski definition) is 1. The smallest absolute Gasteiger partial charge is 0.343 e. The van der Waals surface area contributed by atoms with E-state index in [1.54, 1.807) is 44.9 Å². The van der Waals surface area contributed by atoms with Gasteiger partial charge in [-0.1, -0.05) is 93.1 Å². The van der Waals surface area contributed by atoms with Crippen molar-refractivity contribution in [1.82, 2.24) is 4.90 Å². The van der Waals surface area contributed by atoms with E-state index < -0.39 is 6.10 Å². The number of aliphatic hydroxyl groups excluding tert-OH is 1. The average Bonchev–Trinajstić information content (AvgIpc) is 3.45. The van der Waals surface area contributed by atoms with Gasteiger partial charge in [0.05, 0.1) is 11.7 Å². The minimum Gasteiger partial charge on any atom is -0.423 e. The highest BCUT2D eigenvalue weighted by atomic mass is 32.9. The van der Waals surface area contributed by atoms with E-state index in [4.69, 9.17) is 17.0 Å². The number of hydrogen-bond acceptors (Lipinski definition) is 7. The van der Waals surface area contributed by atoms with Gasteiger partial charge in [0.15, 0.2) is 0 Å². The van der Waals surface area contributed by atoms with E-state index in [0.717, 1.165) is 47.3 Å². The zero-order chi connectivity index (χ0) is 27.6. The van der Waals surface area contributed by atoms with Crippen molar-refractivity contribution < 1.29 is 14.6 Å². The molecule has 0 saturated carbocycles. The lowest BCUT2D eigenvalue weighted by atomic mass is 9.89. The summed E-state index contributed by atoms with van der Waals surface area (Å²) in [6, 6.07) is 27.2. The van der Waals surface area contributed by atoms with Crippen LogP contribution in [0.2, 0.25) is 0 Å². The van der Waals surface area contributed by atoms with E-state index in [0.29, 0.717) is 17.2 Å². The minimum atomic E-state index is -0.586. The summed E-state index contributed by atoms with van der Waals surface area (Å²) in [5.74, 6) is 0.802. The van der Waals surface area contributed by atoms with Gasteiger partial charge in [0, 0.05) is 11.4 Å². The van der Waals surface area contributed by atoms with Crippen LogP contribution in [0.25, 0.3) is 0 Å². The van der Waals surface area contributed by atoms with Crippen molar-refractivity contribution >= 4 is 38.9 Å². The van der Waals surface area contributed by atoms with Crippen LogP contribution in [0.4, 0.5) is 0 Å². The molecule has 4 nitrogen and oxygen atoms in total. The van der Waals surface area contributed by atoms with E-state index in [2.05, 4.69) is 42.2 Å². The van der Waals surface area contributed by atoms with Crippen LogP contribution in [0.3, 0.4) is 0 Å². The highest BCUT2D eigenvalue weighted by molar-refractivity contribution is 7.79. The van der Waals surface area contributed by atoms with Crippen LogP contribution in [0.5, 0.6) is 5.75 Å². The van der Waals surface area contributed by atoms with Crippen LogP contribution in [0.1, 0.15) is 52.9 Å². The predicted molar refractivity (Wildman–Crippen MR) is 164 cm³/mol. The Morgan fingerprint density at radius 3 is 2.23 bits per heavy atom. The molecular formula is C32H35NO3S3. The molecule has 0 amide bonds. The van der Waals surface area contributed by atoms with Gasteiger partial charge in [-0.2, -0.15) is 0 Å². The Labute approximate surface area is 243 Å². The second-order valence-electron chi connectivity index (χ2n) is 9.98. The number of rotatable bonds is 7. The first-order valence-electron chi connectivity index (χ1n) is 13.3. The van der Waals surface area contributed by atoms with E-state index in [9.17, 15) is 9.90 Å². The van der Waals surface area contributed by atoms with Crippen LogP contribution in [-0.4, -0.2) is 35.1 Å².